The molecule has 1 aliphatic carbocycles. The fourth-order valence-electron chi connectivity index (χ4n) is 3.51. The Balaban J connectivity index is 1.53. The minimum atomic E-state index is 0.520. The quantitative estimate of drug-likeness (QED) is 0.517. The highest BCUT2D eigenvalue weighted by Crippen LogP contribution is 2.29. The summed E-state index contributed by atoms with van der Waals surface area (Å²) in [6, 6.07) is 0.520. The SMILES string of the molecule is NNC(CCCC1CCCO1)CCC1CCCC1. The lowest BCUT2D eigenvalue weighted by Crippen LogP contribution is -2.35. The predicted molar refractivity (Wildman–Crippen MR) is 75.1 cm³/mol. The predicted octanol–water partition coefficient (Wildman–Crippen LogP) is 3.14. The molecule has 2 unspecified atom stereocenters. The van der Waals surface area contributed by atoms with Crippen LogP contribution >= 0.6 is 0 Å². The van der Waals surface area contributed by atoms with Crippen molar-refractivity contribution in [2.24, 2.45) is 11.8 Å². The first-order chi connectivity index (χ1) is 8.88. The molecule has 2 fully saturated rings. The molecule has 1 saturated heterocycles. The van der Waals surface area contributed by atoms with Crippen LogP contribution in [-0.2, 0) is 4.74 Å². The van der Waals surface area contributed by atoms with Crippen LogP contribution in [0.4, 0.5) is 0 Å². The van der Waals surface area contributed by atoms with Gasteiger partial charge in [0.2, 0.25) is 0 Å². The van der Waals surface area contributed by atoms with Gasteiger partial charge in [-0.05, 0) is 50.9 Å². The topological polar surface area (TPSA) is 47.3 Å². The Hall–Kier alpha value is -0.120. The van der Waals surface area contributed by atoms with E-state index in [2.05, 4.69) is 5.43 Å². The van der Waals surface area contributed by atoms with E-state index in [4.69, 9.17) is 10.6 Å². The molecule has 0 bridgehead atoms. The van der Waals surface area contributed by atoms with E-state index >= 15 is 0 Å². The zero-order valence-corrected chi connectivity index (χ0v) is 11.7. The van der Waals surface area contributed by atoms with Gasteiger partial charge in [-0.1, -0.05) is 25.7 Å². The van der Waals surface area contributed by atoms with Crippen molar-refractivity contribution in [1.82, 2.24) is 5.43 Å². The van der Waals surface area contributed by atoms with E-state index in [1.54, 1.807) is 0 Å². The molecule has 2 rings (SSSR count). The molecule has 3 N–H and O–H groups in total. The summed E-state index contributed by atoms with van der Waals surface area (Å²) in [7, 11) is 0. The largest absolute Gasteiger partial charge is 0.378 e. The molecule has 2 aliphatic rings. The molecule has 0 radical (unpaired) electrons. The molecule has 3 heteroatoms. The Labute approximate surface area is 112 Å². The summed E-state index contributed by atoms with van der Waals surface area (Å²) < 4.78 is 5.66. The molecule has 1 heterocycles. The van der Waals surface area contributed by atoms with Gasteiger partial charge in [-0.25, -0.2) is 0 Å². The van der Waals surface area contributed by atoms with Crippen molar-refractivity contribution in [1.29, 1.82) is 0 Å². The van der Waals surface area contributed by atoms with Gasteiger partial charge in [-0.3, -0.25) is 11.3 Å². The molecule has 0 aromatic rings. The Morgan fingerprint density at radius 1 is 1.06 bits per heavy atom. The molecular formula is C15H30N2O. The van der Waals surface area contributed by atoms with Crippen LogP contribution in [0.5, 0.6) is 0 Å². The number of nitrogens with one attached hydrogen (secondary N) is 1. The maximum atomic E-state index is 5.67. The van der Waals surface area contributed by atoms with Crippen LogP contribution in [0, 0.1) is 5.92 Å². The van der Waals surface area contributed by atoms with Crippen LogP contribution in [0.15, 0.2) is 0 Å². The molecule has 0 amide bonds. The van der Waals surface area contributed by atoms with E-state index in [0.717, 1.165) is 12.5 Å². The van der Waals surface area contributed by atoms with Gasteiger partial charge in [0.05, 0.1) is 6.10 Å². The minimum Gasteiger partial charge on any atom is -0.378 e. The van der Waals surface area contributed by atoms with Crippen molar-refractivity contribution in [2.75, 3.05) is 6.61 Å². The fraction of sp³-hybridized carbons (Fsp3) is 1.00. The van der Waals surface area contributed by atoms with Crippen molar-refractivity contribution < 1.29 is 4.74 Å². The van der Waals surface area contributed by atoms with E-state index in [1.807, 2.05) is 0 Å². The summed E-state index contributed by atoms with van der Waals surface area (Å²) in [5.74, 6) is 6.66. The second kappa shape index (κ2) is 8.13. The van der Waals surface area contributed by atoms with Crippen LogP contribution < -0.4 is 11.3 Å². The van der Waals surface area contributed by atoms with E-state index < -0.39 is 0 Å². The van der Waals surface area contributed by atoms with Crippen molar-refractivity contribution >= 4 is 0 Å². The Kier molecular flexibility index (Phi) is 6.46. The summed E-state index contributed by atoms with van der Waals surface area (Å²) in [6.07, 6.45) is 15.2. The summed E-state index contributed by atoms with van der Waals surface area (Å²) in [5.41, 5.74) is 3.01. The van der Waals surface area contributed by atoms with Gasteiger partial charge in [-0.15, -0.1) is 0 Å². The lowest BCUT2D eigenvalue weighted by Gasteiger charge is -2.18. The van der Waals surface area contributed by atoms with E-state index in [-0.39, 0.29) is 0 Å². The van der Waals surface area contributed by atoms with Gasteiger partial charge < -0.3 is 4.74 Å². The standard InChI is InChI=1S/C15H30N2O/c16-17-14(11-10-13-5-1-2-6-13)7-3-8-15-9-4-12-18-15/h13-15,17H,1-12,16H2. The van der Waals surface area contributed by atoms with E-state index in [0.29, 0.717) is 12.1 Å². The van der Waals surface area contributed by atoms with Crippen LogP contribution in [0.3, 0.4) is 0 Å². The van der Waals surface area contributed by atoms with Crippen molar-refractivity contribution in [2.45, 2.75) is 82.8 Å². The third kappa shape index (κ3) is 4.87. The number of hydrogen-bond acceptors (Lipinski definition) is 3. The van der Waals surface area contributed by atoms with Crippen molar-refractivity contribution in [3.8, 4) is 0 Å². The molecule has 18 heavy (non-hydrogen) atoms. The van der Waals surface area contributed by atoms with E-state index in [1.165, 1.54) is 70.6 Å². The van der Waals surface area contributed by atoms with Gasteiger partial charge in [0, 0.05) is 12.6 Å². The molecule has 3 nitrogen and oxygen atoms in total. The number of ether oxygens (including phenoxy) is 1. The first-order valence-electron chi connectivity index (χ1n) is 7.96. The summed E-state index contributed by atoms with van der Waals surface area (Å²) in [4.78, 5) is 0. The van der Waals surface area contributed by atoms with Gasteiger partial charge in [0.15, 0.2) is 0 Å². The number of hydrogen-bond donors (Lipinski definition) is 2. The summed E-state index contributed by atoms with van der Waals surface area (Å²) >= 11 is 0. The minimum absolute atomic E-state index is 0.520. The number of nitrogens with two attached hydrogens (primary N) is 1. The molecule has 106 valence electrons. The lowest BCUT2D eigenvalue weighted by molar-refractivity contribution is 0.101. The maximum Gasteiger partial charge on any atom is 0.0576 e. The van der Waals surface area contributed by atoms with E-state index in [9.17, 15) is 0 Å². The highest BCUT2D eigenvalue weighted by atomic mass is 16.5. The number of hydrazine groups is 1. The Morgan fingerprint density at radius 3 is 2.56 bits per heavy atom. The zero-order chi connectivity index (χ0) is 12.6. The van der Waals surface area contributed by atoms with Crippen LogP contribution in [-0.4, -0.2) is 18.8 Å². The highest BCUT2D eigenvalue weighted by Gasteiger charge is 2.18. The average molecular weight is 254 g/mol. The molecule has 1 aliphatic heterocycles. The van der Waals surface area contributed by atoms with Crippen LogP contribution in [0.1, 0.15) is 70.6 Å². The second-order valence-corrected chi connectivity index (χ2v) is 6.16. The third-order valence-corrected chi connectivity index (χ3v) is 4.74. The number of rotatable bonds is 8. The van der Waals surface area contributed by atoms with Gasteiger partial charge in [0.25, 0.3) is 0 Å². The first kappa shape index (κ1) is 14.3. The summed E-state index contributed by atoms with van der Waals surface area (Å²) in [5, 5.41) is 0. The molecule has 0 aromatic heterocycles. The Bertz CT molecular complexity index is 211. The second-order valence-electron chi connectivity index (χ2n) is 6.16. The fourth-order valence-corrected chi connectivity index (χ4v) is 3.51. The van der Waals surface area contributed by atoms with Gasteiger partial charge in [0.1, 0.15) is 0 Å². The molecular weight excluding hydrogens is 224 g/mol. The zero-order valence-electron chi connectivity index (χ0n) is 11.7. The monoisotopic (exact) mass is 254 g/mol. The maximum absolute atomic E-state index is 5.67. The third-order valence-electron chi connectivity index (χ3n) is 4.74. The Morgan fingerprint density at radius 2 is 1.89 bits per heavy atom. The lowest BCUT2D eigenvalue weighted by atomic mass is 9.96. The van der Waals surface area contributed by atoms with Crippen molar-refractivity contribution in [3.63, 3.8) is 0 Å². The smallest absolute Gasteiger partial charge is 0.0576 e. The molecule has 1 saturated carbocycles. The van der Waals surface area contributed by atoms with Crippen LogP contribution in [0.2, 0.25) is 0 Å². The summed E-state index contributed by atoms with van der Waals surface area (Å²) in [6.45, 7) is 0.977. The first-order valence-corrected chi connectivity index (χ1v) is 7.96. The normalized spacial score (nSPS) is 26.8. The van der Waals surface area contributed by atoms with Crippen LogP contribution in [0.25, 0.3) is 0 Å². The average Bonchev–Trinajstić information content (AvgIpc) is 3.06. The highest BCUT2D eigenvalue weighted by molar-refractivity contribution is 4.73. The van der Waals surface area contributed by atoms with Crippen molar-refractivity contribution in [3.05, 3.63) is 0 Å². The molecule has 0 spiro atoms. The van der Waals surface area contributed by atoms with Gasteiger partial charge >= 0.3 is 0 Å². The van der Waals surface area contributed by atoms with Gasteiger partial charge in [-0.2, -0.15) is 0 Å². The molecule has 0 aromatic carbocycles. The molecule has 2 atom stereocenters.